The molecule has 0 radical (unpaired) electrons. The normalized spacial score (nSPS) is 12.9. The molecule has 2 rings (SSSR count). The summed E-state index contributed by atoms with van der Waals surface area (Å²) in [5, 5.41) is 2.38. The Morgan fingerprint density at radius 1 is 1.31 bits per heavy atom. The highest BCUT2D eigenvalue weighted by Gasteiger charge is 2.14. The lowest BCUT2D eigenvalue weighted by molar-refractivity contribution is -0.00345. The molecular formula is C8H3Cl2N3. The first-order valence-corrected chi connectivity index (χ1v) is 4.24. The first-order valence-electron chi connectivity index (χ1n) is 3.48. The van der Waals surface area contributed by atoms with E-state index in [9.17, 15) is 0 Å². The molecule has 1 aromatic rings. The van der Waals surface area contributed by atoms with E-state index in [1.165, 1.54) is 0 Å². The molecule has 0 N–H and O–H groups in total. The lowest BCUT2D eigenvalue weighted by atomic mass is 10.3. The molecule has 0 spiro atoms. The monoisotopic (exact) mass is 211 g/mol. The minimum atomic E-state index is 0.235. The molecule has 1 heterocycles. The van der Waals surface area contributed by atoms with Gasteiger partial charge >= 0.3 is 5.84 Å². The van der Waals surface area contributed by atoms with Gasteiger partial charge in [0.25, 0.3) is 0 Å². The van der Waals surface area contributed by atoms with E-state index in [4.69, 9.17) is 28.7 Å². The SMILES string of the molecule is [N-]=[N+]=C1C=c2c(Cl)cc(Cl)cc2=N1. The topological polar surface area (TPSA) is 48.8 Å². The molecule has 0 aromatic heterocycles. The van der Waals surface area contributed by atoms with Gasteiger partial charge in [0.2, 0.25) is 0 Å². The van der Waals surface area contributed by atoms with Crippen LogP contribution in [0.25, 0.3) is 11.6 Å². The summed E-state index contributed by atoms with van der Waals surface area (Å²) >= 11 is 11.6. The Hall–Kier alpha value is -1.15. The average molecular weight is 212 g/mol. The smallest absolute Gasteiger partial charge is 0.401 e. The van der Waals surface area contributed by atoms with Gasteiger partial charge in [-0.15, -0.1) is 0 Å². The fraction of sp³-hybridized carbons (Fsp3) is 0. The summed E-state index contributed by atoms with van der Waals surface area (Å²) in [5.74, 6) is 0.235. The zero-order valence-corrected chi connectivity index (χ0v) is 7.84. The van der Waals surface area contributed by atoms with Crippen LogP contribution in [0, 0.1) is 0 Å². The minimum absolute atomic E-state index is 0.235. The van der Waals surface area contributed by atoms with Crippen LogP contribution in [0.3, 0.4) is 0 Å². The van der Waals surface area contributed by atoms with E-state index in [1.807, 2.05) is 0 Å². The molecule has 0 bridgehead atoms. The van der Waals surface area contributed by atoms with Crippen LogP contribution in [0.4, 0.5) is 0 Å². The molecule has 1 aliphatic heterocycles. The molecule has 3 nitrogen and oxygen atoms in total. The molecule has 64 valence electrons. The molecule has 13 heavy (non-hydrogen) atoms. The number of amidine groups is 1. The quantitative estimate of drug-likeness (QED) is 0.455. The number of halogens is 2. The fourth-order valence-corrected chi connectivity index (χ4v) is 1.68. The maximum absolute atomic E-state index is 8.49. The van der Waals surface area contributed by atoms with Crippen LogP contribution in [-0.2, 0) is 0 Å². The first-order chi connectivity index (χ1) is 6.20. The molecular weight excluding hydrogens is 209 g/mol. The zero-order valence-electron chi connectivity index (χ0n) is 6.33. The van der Waals surface area contributed by atoms with Crippen LogP contribution in [0.5, 0.6) is 0 Å². The lowest BCUT2D eigenvalue weighted by Gasteiger charge is -1.88. The van der Waals surface area contributed by atoms with Crippen molar-refractivity contribution in [2.75, 3.05) is 0 Å². The standard InChI is InChI=1S/C8H3Cl2N3/c9-4-1-6(10)5-3-8(13-11)12-7(5)2-4/h1-3H. The summed E-state index contributed by atoms with van der Waals surface area (Å²) in [5.41, 5.74) is 8.49. The van der Waals surface area contributed by atoms with Crippen molar-refractivity contribution < 1.29 is 4.79 Å². The van der Waals surface area contributed by atoms with Crippen molar-refractivity contribution in [2.45, 2.75) is 0 Å². The van der Waals surface area contributed by atoms with Gasteiger partial charge in [-0.3, -0.25) is 0 Å². The Bertz CT molecular complexity index is 541. The van der Waals surface area contributed by atoms with Crippen molar-refractivity contribution in [1.29, 1.82) is 0 Å². The summed E-state index contributed by atoms with van der Waals surface area (Å²) < 4.78 is 0. The maximum Gasteiger partial charge on any atom is 0.401 e. The highest BCUT2D eigenvalue weighted by molar-refractivity contribution is 6.35. The second-order valence-corrected chi connectivity index (χ2v) is 3.38. The number of nitrogens with zero attached hydrogens (tertiary/aromatic N) is 3. The van der Waals surface area contributed by atoms with E-state index in [1.54, 1.807) is 18.2 Å². The Morgan fingerprint density at radius 3 is 2.77 bits per heavy atom. The van der Waals surface area contributed by atoms with Crippen LogP contribution in [-0.4, -0.2) is 10.6 Å². The van der Waals surface area contributed by atoms with Crippen molar-refractivity contribution in [3.8, 4) is 0 Å². The predicted molar refractivity (Wildman–Crippen MR) is 50.3 cm³/mol. The number of benzene rings is 1. The highest BCUT2D eigenvalue weighted by atomic mass is 35.5. The van der Waals surface area contributed by atoms with E-state index in [-0.39, 0.29) is 5.84 Å². The van der Waals surface area contributed by atoms with Crippen LogP contribution >= 0.6 is 23.2 Å². The molecule has 0 saturated carbocycles. The third kappa shape index (κ3) is 1.38. The molecule has 1 aromatic carbocycles. The number of fused-ring (bicyclic) bond motifs is 1. The zero-order chi connectivity index (χ0) is 9.42. The second kappa shape index (κ2) is 2.96. The molecule has 0 unspecified atom stereocenters. The molecule has 0 fully saturated rings. The van der Waals surface area contributed by atoms with Crippen molar-refractivity contribution in [1.82, 2.24) is 0 Å². The van der Waals surface area contributed by atoms with E-state index < -0.39 is 0 Å². The van der Waals surface area contributed by atoms with Crippen molar-refractivity contribution in [3.63, 3.8) is 0 Å². The van der Waals surface area contributed by atoms with Crippen LogP contribution in [0.2, 0.25) is 10.0 Å². The third-order valence-electron chi connectivity index (χ3n) is 1.68. The molecule has 0 atom stereocenters. The van der Waals surface area contributed by atoms with Crippen LogP contribution < -0.4 is 10.6 Å². The van der Waals surface area contributed by atoms with Crippen molar-refractivity contribution in [3.05, 3.63) is 38.3 Å². The summed E-state index contributed by atoms with van der Waals surface area (Å²) in [4.78, 5) is 6.93. The van der Waals surface area contributed by atoms with Gasteiger partial charge in [0.15, 0.2) is 5.36 Å². The van der Waals surface area contributed by atoms with Gasteiger partial charge in [-0.05, 0) is 11.1 Å². The van der Waals surface area contributed by atoms with Gasteiger partial charge in [0.1, 0.15) is 0 Å². The van der Waals surface area contributed by atoms with Crippen molar-refractivity contribution in [2.24, 2.45) is 4.99 Å². The number of hydrogen-bond donors (Lipinski definition) is 0. The molecule has 0 aliphatic carbocycles. The summed E-state index contributed by atoms with van der Waals surface area (Å²) in [7, 11) is 0. The Balaban J connectivity index is 2.93. The van der Waals surface area contributed by atoms with E-state index >= 15 is 0 Å². The third-order valence-corrected chi connectivity index (χ3v) is 2.21. The fourth-order valence-electron chi connectivity index (χ4n) is 1.14. The van der Waals surface area contributed by atoms with Gasteiger partial charge in [0.05, 0.1) is 16.3 Å². The van der Waals surface area contributed by atoms with Gasteiger partial charge in [-0.1, -0.05) is 23.2 Å². The average Bonchev–Trinajstić information content (AvgIpc) is 2.47. The summed E-state index contributed by atoms with van der Waals surface area (Å²) in [6.07, 6.45) is 1.59. The minimum Gasteiger partial charge on any atom is -0.497 e. The number of hydrogen-bond acceptors (Lipinski definition) is 0. The lowest BCUT2D eigenvalue weighted by Crippen LogP contribution is -2.22. The van der Waals surface area contributed by atoms with Crippen LogP contribution in [0.15, 0.2) is 17.1 Å². The predicted octanol–water partition coefficient (Wildman–Crippen LogP) is 1.04. The van der Waals surface area contributed by atoms with Crippen LogP contribution in [0.1, 0.15) is 0 Å². The molecule has 1 aliphatic rings. The van der Waals surface area contributed by atoms with E-state index in [0.717, 1.165) is 5.22 Å². The molecule has 5 heteroatoms. The largest absolute Gasteiger partial charge is 0.497 e. The van der Waals surface area contributed by atoms with E-state index in [0.29, 0.717) is 15.4 Å². The van der Waals surface area contributed by atoms with Gasteiger partial charge in [-0.25, -0.2) is 0 Å². The summed E-state index contributed by atoms with van der Waals surface area (Å²) in [6.45, 7) is 0. The second-order valence-electron chi connectivity index (χ2n) is 2.53. The molecule has 0 saturated heterocycles. The Labute approximate surface area is 83.5 Å². The summed E-state index contributed by atoms with van der Waals surface area (Å²) in [6, 6.07) is 3.28. The van der Waals surface area contributed by atoms with E-state index in [2.05, 4.69) is 9.78 Å². The Morgan fingerprint density at radius 2 is 2.08 bits per heavy atom. The maximum atomic E-state index is 8.49. The van der Waals surface area contributed by atoms with Gasteiger partial charge in [0, 0.05) is 11.1 Å². The highest BCUT2D eigenvalue weighted by Crippen LogP contribution is 2.09. The van der Waals surface area contributed by atoms with Crippen molar-refractivity contribution >= 4 is 35.1 Å². The van der Waals surface area contributed by atoms with Gasteiger partial charge < -0.3 is 10.3 Å². The first kappa shape index (κ1) is 8.45. The van der Waals surface area contributed by atoms with Gasteiger partial charge in [-0.2, -0.15) is 0 Å². The Kier molecular flexibility index (Phi) is 1.93. The number of rotatable bonds is 0. The molecule has 0 amide bonds.